The average molecular weight is 652 g/mol. The van der Waals surface area contributed by atoms with Gasteiger partial charge in [0.05, 0.1) is 19.2 Å². The van der Waals surface area contributed by atoms with E-state index in [-0.39, 0.29) is 30.6 Å². The molecule has 5 rings (SSSR count). The molecule has 0 saturated heterocycles. The number of methoxy groups -OCH3 is 1. The van der Waals surface area contributed by atoms with Gasteiger partial charge in [-0.1, -0.05) is 0 Å². The van der Waals surface area contributed by atoms with Gasteiger partial charge in [0, 0.05) is 47.4 Å². The van der Waals surface area contributed by atoms with Crippen LogP contribution in [0.4, 0.5) is 25.0 Å². The molecule has 4 N–H and O–H groups in total. The fourth-order valence-corrected chi connectivity index (χ4v) is 4.66. The number of aromatic nitrogens is 1. The van der Waals surface area contributed by atoms with E-state index in [0.717, 1.165) is 6.07 Å². The van der Waals surface area contributed by atoms with E-state index < -0.39 is 28.9 Å². The van der Waals surface area contributed by atoms with E-state index in [1.807, 2.05) is 0 Å². The largest absolute Gasteiger partial charge is 0.493 e. The van der Waals surface area contributed by atoms with Crippen molar-refractivity contribution in [2.75, 3.05) is 43.2 Å². The van der Waals surface area contributed by atoms with Crippen molar-refractivity contribution in [3.8, 4) is 23.0 Å². The summed E-state index contributed by atoms with van der Waals surface area (Å²) in [6.45, 7) is 0.855. The van der Waals surface area contributed by atoms with Gasteiger partial charge in [-0.25, -0.2) is 13.6 Å². The minimum atomic E-state index is -1.30. The van der Waals surface area contributed by atoms with Gasteiger partial charge in [-0.3, -0.25) is 14.6 Å². The van der Waals surface area contributed by atoms with Crippen LogP contribution in [0.3, 0.4) is 0 Å². The number of pyridine rings is 1. The molecule has 240 valence electrons. The summed E-state index contributed by atoms with van der Waals surface area (Å²) in [4.78, 5) is 41.9. The minimum Gasteiger partial charge on any atom is -0.493 e. The first kappa shape index (κ1) is 32.3. The van der Waals surface area contributed by atoms with Crippen LogP contribution in [0.2, 0.25) is 0 Å². The molecule has 0 unspecified atom stereocenters. The number of carbonyl (C=O) groups is 3. The molecule has 1 aliphatic rings. The lowest BCUT2D eigenvalue weighted by Gasteiger charge is -2.16. The van der Waals surface area contributed by atoms with Gasteiger partial charge in [-0.2, -0.15) is 12.6 Å². The Morgan fingerprint density at radius 1 is 0.848 bits per heavy atom. The molecule has 3 aromatic carbocycles. The molecule has 0 bridgehead atoms. The summed E-state index contributed by atoms with van der Waals surface area (Å²) >= 11 is 4.04. The number of thiol groups is 1. The molecule has 0 spiro atoms. The van der Waals surface area contributed by atoms with Crippen LogP contribution >= 0.6 is 12.6 Å². The summed E-state index contributed by atoms with van der Waals surface area (Å²) in [5, 5.41) is 11.1. The third kappa shape index (κ3) is 7.57. The number of halogens is 2. The van der Waals surface area contributed by atoms with Crippen LogP contribution in [-0.4, -0.2) is 55.4 Å². The smallest absolute Gasteiger partial charge is 0.314 e. The van der Waals surface area contributed by atoms with Crippen molar-refractivity contribution in [3.63, 3.8) is 0 Å². The summed E-state index contributed by atoms with van der Waals surface area (Å²) in [7, 11) is 1.47. The number of nitrogens with zero attached hydrogens (tertiary/aromatic N) is 1. The molecule has 1 aliphatic carbocycles. The van der Waals surface area contributed by atoms with Gasteiger partial charge >= 0.3 is 6.03 Å². The summed E-state index contributed by atoms with van der Waals surface area (Å²) in [6.07, 6.45) is 2.15. The topological polar surface area (TPSA) is 140 Å². The molecular weight excluding hydrogens is 620 g/mol. The highest BCUT2D eigenvalue weighted by atomic mass is 32.1. The molecule has 0 atom stereocenters. The summed E-state index contributed by atoms with van der Waals surface area (Å²) < 4.78 is 45.6. The van der Waals surface area contributed by atoms with Crippen LogP contribution < -0.4 is 35.5 Å². The standard InChI is InChI=1S/C32H31F2N5O6S/c1-43-27-17-22-24(18-28(27)44-14-12-36-31(42)37-13-15-46)35-11-8-25(22)45-26-7-6-21(16-23(26)34)39-30(41)32(9-10-32)29(40)38-20-4-2-19(33)3-5-20/h2-8,11,16-18,46H,9-10,12-15H2,1H3,(H,38,40)(H,39,41)(H2,36,37,42). The van der Waals surface area contributed by atoms with Crippen LogP contribution in [0.1, 0.15) is 12.8 Å². The van der Waals surface area contributed by atoms with E-state index in [1.165, 1.54) is 49.7 Å². The Kier molecular flexibility index (Phi) is 10.1. The molecule has 46 heavy (non-hydrogen) atoms. The quantitative estimate of drug-likeness (QED) is 0.0753. The minimum absolute atomic E-state index is 0.109. The van der Waals surface area contributed by atoms with Gasteiger partial charge in [0.2, 0.25) is 11.8 Å². The predicted molar refractivity (Wildman–Crippen MR) is 171 cm³/mol. The monoisotopic (exact) mass is 651 g/mol. The van der Waals surface area contributed by atoms with E-state index >= 15 is 4.39 Å². The van der Waals surface area contributed by atoms with E-state index in [0.29, 0.717) is 59.0 Å². The maximum absolute atomic E-state index is 15.2. The van der Waals surface area contributed by atoms with Crippen molar-refractivity contribution in [1.82, 2.24) is 15.6 Å². The molecule has 1 heterocycles. The fourth-order valence-electron chi connectivity index (χ4n) is 4.54. The molecule has 1 saturated carbocycles. The van der Waals surface area contributed by atoms with Crippen molar-refractivity contribution in [1.29, 1.82) is 0 Å². The van der Waals surface area contributed by atoms with Crippen LogP contribution in [0.5, 0.6) is 23.0 Å². The second-order valence-electron chi connectivity index (χ2n) is 10.3. The molecular formula is C32H31F2N5O6S. The Morgan fingerprint density at radius 3 is 2.22 bits per heavy atom. The van der Waals surface area contributed by atoms with Gasteiger partial charge in [0.1, 0.15) is 23.6 Å². The Bertz CT molecular complexity index is 1750. The van der Waals surface area contributed by atoms with Crippen LogP contribution in [-0.2, 0) is 9.59 Å². The van der Waals surface area contributed by atoms with Crippen LogP contribution in [0.25, 0.3) is 10.9 Å². The molecule has 4 aromatic rings. The highest BCUT2D eigenvalue weighted by molar-refractivity contribution is 7.80. The highest BCUT2D eigenvalue weighted by Crippen LogP contribution is 2.47. The van der Waals surface area contributed by atoms with E-state index in [4.69, 9.17) is 14.2 Å². The molecule has 1 fully saturated rings. The first-order valence-electron chi connectivity index (χ1n) is 14.3. The first-order valence-corrected chi connectivity index (χ1v) is 14.9. The van der Waals surface area contributed by atoms with E-state index in [2.05, 4.69) is 38.9 Å². The number of benzene rings is 3. The zero-order chi connectivity index (χ0) is 32.7. The lowest BCUT2D eigenvalue weighted by atomic mass is 10.0. The average Bonchev–Trinajstić information content (AvgIpc) is 3.87. The third-order valence-electron chi connectivity index (χ3n) is 7.16. The normalized spacial score (nSPS) is 13.0. The summed E-state index contributed by atoms with van der Waals surface area (Å²) in [5.74, 6) is -0.810. The van der Waals surface area contributed by atoms with Gasteiger partial charge in [-0.15, -0.1) is 0 Å². The number of carbonyl (C=O) groups excluding carboxylic acids is 3. The van der Waals surface area contributed by atoms with Crippen molar-refractivity contribution >= 4 is 52.8 Å². The van der Waals surface area contributed by atoms with Gasteiger partial charge < -0.3 is 35.5 Å². The number of rotatable bonds is 13. The number of ether oxygens (including phenoxy) is 3. The summed E-state index contributed by atoms with van der Waals surface area (Å²) in [5.41, 5.74) is -0.297. The SMILES string of the molecule is COc1cc2c(Oc3ccc(NC(=O)C4(C(=O)Nc5ccc(F)cc5)CC4)cc3F)ccnc2cc1OCCNC(=O)NCCS. The number of nitrogens with one attached hydrogen (secondary N) is 4. The van der Waals surface area contributed by atoms with Crippen molar-refractivity contribution in [2.24, 2.45) is 5.41 Å². The maximum Gasteiger partial charge on any atom is 0.314 e. The molecule has 11 nitrogen and oxygen atoms in total. The maximum atomic E-state index is 15.2. The van der Waals surface area contributed by atoms with Crippen molar-refractivity contribution < 1.29 is 37.4 Å². The Morgan fingerprint density at radius 2 is 1.54 bits per heavy atom. The zero-order valence-electron chi connectivity index (χ0n) is 24.7. The summed E-state index contributed by atoms with van der Waals surface area (Å²) in [6, 6.07) is 13.7. The van der Waals surface area contributed by atoms with Gasteiger partial charge in [-0.05, 0) is 61.4 Å². The van der Waals surface area contributed by atoms with Crippen molar-refractivity contribution in [3.05, 3.63) is 78.5 Å². The Hall–Kier alpha value is -5.11. The first-order chi connectivity index (χ1) is 22.2. The number of fused-ring (bicyclic) bond motifs is 1. The zero-order valence-corrected chi connectivity index (χ0v) is 25.6. The number of hydrogen-bond donors (Lipinski definition) is 5. The Balaban J connectivity index is 1.24. The molecule has 0 radical (unpaired) electrons. The Labute approximate surface area is 268 Å². The second-order valence-corrected chi connectivity index (χ2v) is 10.8. The lowest BCUT2D eigenvalue weighted by molar-refractivity contribution is -0.131. The third-order valence-corrected chi connectivity index (χ3v) is 7.38. The van der Waals surface area contributed by atoms with Crippen LogP contribution in [0, 0.1) is 17.0 Å². The van der Waals surface area contributed by atoms with E-state index in [9.17, 15) is 18.8 Å². The number of hydrogen-bond acceptors (Lipinski definition) is 8. The molecule has 0 aliphatic heterocycles. The highest BCUT2D eigenvalue weighted by Gasteiger charge is 2.56. The van der Waals surface area contributed by atoms with E-state index in [1.54, 1.807) is 18.2 Å². The molecule has 4 amide bonds. The van der Waals surface area contributed by atoms with Gasteiger partial charge in [0.25, 0.3) is 0 Å². The number of urea groups is 1. The molecule has 1 aromatic heterocycles. The number of amides is 4. The van der Waals surface area contributed by atoms with Crippen LogP contribution in [0.15, 0.2) is 66.9 Å². The second kappa shape index (κ2) is 14.3. The lowest BCUT2D eigenvalue weighted by Crippen LogP contribution is -2.38. The van der Waals surface area contributed by atoms with Crippen molar-refractivity contribution in [2.45, 2.75) is 12.8 Å². The number of anilines is 2. The molecule has 14 heteroatoms. The van der Waals surface area contributed by atoms with Gasteiger partial charge in [0.15, 0.2) is 23.1 Å². The fraction of sp³-hybridized carbons (Fsp3) is 0.250. The predicted octanol–water partition coefficient (Wildman–Crippen LogP) is 5.28.